The predicted octanol–water partition coefficient (Wildman–Crippen LogP) is -0.423. The van der Waals surface area contributed by atoms with Crippen LogP contribution in [0.1, 0.15) is 6.42 Å². The summed E-state index contributed by atoms with van der Waals surface area (Å²) >= 11 is 1.53. The van der Waals surface area contributed by atoms with E-state index in [0.29, 0.717) is 12.3 Å². The molecule has 0 heterocycles. The Morgan fingerprint density at radius 3 is 2.38 bits per heavy atom. The number of carboxylic acid groups (broad SMARTS) is 2. The van der Waals surface area contributed by atoms with E-state index in [9.17, 15) is 14.4 Å². The maximum absolute atomic E-state index is 11.1. The number of aliphatic carboxylic acids is 2. The largest absolute Gasteiger partial charge is 0.481 e. The van der Waals surface area contributed by atoms with Crippen LogP contribution in [0.25, 0.3) is 0 Å². The van der Waals surface area contributed by atoms with Crippen LogP contribution in [0.3, 0.4) is 0 Å². The van der Waals surface area contributed by atoms with Crippen LogP contribution in [-0.2, 0) is 9.59 Å². The average molecular weight is 250 g/mol. The number of rotatable bonds is 7. The molecular formula is C8H14N2O5S. The number of thioether (sulfide) groups is 1. The van der Waals surface area contributed by atoms with Gasteiger partial charge in [0.2, 0.25) is 0 Å². The monoisotopic (exact) mass is 250 g/mol. The molecular weight excluding hydrogens is 236 g/mol. The molecule has 0 aromatic rings. The zero-order valence-corrected chi connectivity index (χ0v) is 9.54. The molecule has 0 aliphatic carbocycles. The van der Waals surface area contributed by atoms with E-state index in [4.69, 9.17) is 10.2 Å². The van der Waals surface area contributed by atoms with Crippen LogP contribution in [0, 0.1) is 0 Å². The van der Waals surface area contributed by atoms with Gasteiger partial charge in [-0.1, -0.05) is 0 Å². The van der Waals surface area contributed by atoms with Gasteiger partial charge in [-0.15, -0.1) is 0 Å². The van der Waals surface area contributed by atoms with Gasteiger partial charge < -0.3 is 20.8 Å². The minimum absolute atomic E-state index is 0.395. The molecule has 16 heavy (non-hydrogen) atoms. The first-order chi connectivity index (χ1) is 7.47. The molecule has 0 aliphatic rings. The lowest BCUT2D eigenvalue weighted by Crippen LogP contribution is -2.47. The van der Waals surface area contributed by atoms with Gasteiger partial charge in [-0.05, 0) is 6.26 Å². The van der Waals surface area contributed by atoms with Crippen molar-refractivity contribution in [2.75, 3.05) is 18.6 Å². The van der Waals surface area contributed by atoms with Gasteiger partial charge in [0.1, 0.15) is 6.04 Å². The highest BCUT2D eigenvalue weighted by Crippen LogP contribution is 1.93. The fraction of sp³-hybridized carbons (Fsp3) is 0.625. The van der Waals surface area contributed by atoms with Crippen molar-refractivity contribution in [3.05, 3.63) is 0 Å². The third kappa shape index (κ3) is 6.93. The summed E-state index contributed by atoms with van der Waals surface area (Å²) in [6.07, 6.45) is 1.22. The molecule has 0 bridgehead atoms. The summed E-state index contributed by atoms with van der Waals surface area (Å²) in [6.45, 7) is 0.395. The first-order valence-electron chi connectivity index (χ1n) is 4.45. The molecule has 0 saturated heterocycles. The Balaban J connectivity index is 4.03. The molecule has 92 valence electrons. The van der Waals surface area contributed by atoms with E-state index in [0.717, 1.165) is 0 Å². The van der Waals surface area contributed by atoms with E-state index < -0.39 is 30.4 Å². The molecule has 0 saturated carbocycles. The summed E-state index contributed by atoms with van der Waals surface area (Å²) in [5, 5.41) is 21.5. The second-order valence-electron chi connectivity index (χ2n) is 2.88. The Labute approximate surface area is 96.6 Å². The van der Waals surface area contributed by atoms with Crippen LogP contribution in [-0.4, -0.2) is 52.8 Å². The molecule has 0 spiro atoms. The Hall–Kier alpha value is -1.44. The highest BCUT2D eigenvalue weighted by molar-refractivity contribution is 7.98. The van der Waals surface area contributed by atoms with Crippen molar-refractivity contribution in [1.29, 1.82) is 0 Å². The molecule has 4 N–H and O–H groups in total. The van der Waals surface area contributed by atoms with Gasteiger partial charge in [-0.2, -0.15) is 11.8 Å². The van der Waals surface area contributed by atoms with E-state index in [-0.39, 0.29) is 0 Å². The number of amides is 2. The highest BCUT2D eigenvalue weighted by atomic mass is 32.2. The molecule has 7 nitrogen and oxygen atoms in total. The van der Waals surface area contributed by atoms with Crippen LogP contribution >= 0.6 is 11.8 Å². The van der Waals surface area contributed by atoms with Crippen LogP contribution in [0.5, 0.6) is 0 Å². The zero-order valence-electron chi connectivity index (χ0n) is 8.73. The summed E-state index contributed by atoms with van der Waals surface area (Å²) in [6, 6.07) is -2.09. The van der Waals surface area contributed by atoms with Crippen LogP contribution in [0.4, 0.5) is 4.79 Å². The van der Waals surface area contributed by atoms with Crippen LogP contribution in [0.15, 0.2) is 0 Å². The normalized spacial score (nSPS) is 11.6. The Bertz CT molecular complexity index is 271. The first kappa shape index (κ1) is 14.6. The zero-order chi connectivity index (χ0) is 12.6. The standard InChI is InChI=1S/C8H14N2O5S/c1-16-3-2-9-8(15)10-5(7(13)14)4-6(11)12/h5H,2-4H2,1H3,(H,11,12)(H,13,14)(H2,9,10,15). The van der Waals surface area contributed by atoms with Crippen LogP contribution < -0.4 is 10.6 Å². The maximum Gasteiger partial charge on any atom is 0.326 e. The Kier molecular flexibility index (Phi) is 7.10. The summed E-state index contributed by atoms with van der Waals surface area (Å²) in [5.41, 5.74) is 0. The lowest BCUT2D eigenvalue weighted by Gasteiger charge is -2.12. The smallest absolute Gasteiger partial charge is 0.326 e. The second kappa shape index (κ2) is 7.80. The fourth-order valence-corrected chi connectivity index (χ4v) is 1.16. The second-order valence-corrected chi connectivity index (χ2v) is 3.87. The molecule has 0 rings (SSSR count). The Morgan fingerprint density at radius 2 is 1.94 bits per heavy atom. The molecule has 0 fully saturated rings. The quantitative estimate of drug-likeness (QED) is 0.456. The molecule has 0 aliphatic heterocycles. The van der Waals surface area contributed by atoms with Gasteiger partial charge in [0.15, 0.2) is 0 Å². The predicted molar refractivity (Wildman–Crippen MR) is 58.6 cm³/mol. The van der Waals surface area contributed by atoms with E-state index >= 15 is 0 Å². The van der Waals surface area contributed by atoms with Crippen molar-refractivity contribution < 1.29 is 24.6 Å². The van der Waals surface area contributed by atoms with Gasteiger partial charge in [0.25, 0.3) is 0 Å². The average Bonchev–Trinajstić information content (AvgIpc) is 2.16. The molecule has 0 aromatic carbocycles. The van der Waals surface area contributed by atoms with Crippen molar-refractivity contribution in [1.82, 2.24) is 10.6 Å². The molecule has 2 amide bonds. The number of nitrogens with one attached hydrogen (secondary N) is 2. The van der Waals surface area contributed by atoms with E-state index in [1.807, 2.05) is 6.26 Å². The van der Waals surface area contributed by atoms with E-state index in [1.165, 1.54) is 11.8 Å². The lowest BCUT2D eigenvalue weighted by molar-refractivity contribution is -0.145. The van der Waals surface area contributed by atoms with E-state index in [1.54, 1.807) is 0 Å². The minimum atomic E-state index is -1.41. The molecule has 1 atom stereocenters. The SMILES string of the molecule is CSCCNC(=O)NC(CC(=O)O)C(=O)O. The number of carboxylic acids is 2. The highest BCUT2D eigenvalue weighted by Gasteiger charge is 2.22. The summed E-state index contributed by atoms with van der Waals surface area (Å²) < 4.78 is 0. The van der Waals surface area contributed by atoms with Crippen molar-refractivity contribution in [2.24, 2.45) is 0 Å². The van der Waals surface area contributed by atoms with Gasteiger partial charge in [0, 0.05) is 12.3 Å². The van der Waals surface area contributed by atoms with Gasteiger partial charge in [-0.3, -0.25) is 4.79 Å². The summed E-state index contributed by atoms with van der Waals surface area (Å²) in [4.78, 5) is 32.0. The third-order valence-corrected chi connectivity index (χ3v) is 2.19. The van der Waals surface area contributed by atoms with Gasteiger partial charge in [0.05, 0.1) is 6.42 Å². The van der Waals surface area contributed by atoms with Crippen molar-refractivity contribution in [3.8, 4) is 0 Å². The number of hydrogen-bond donors (Lipinski definition) is 4. The molecule has 8 heteroatoms. The van der Waals surface area contributed by atoms with Crippen molar-refractivity contribution in [2.45, 2.75) is 12.5 Å². The Morgan fingerprint density at radius 1 is 1.31 bits per heavy atom. The number of urea groups is 1. The van der Waals surface area contributed by atoms with Gasteiger partial charge >= 0.3 is 18.0 Å². The number of carbonyl (C=O) groups excluding carboxylic acids is 1. The number of carbonyl (C=O) groups is 3. The number of hydrogen-bond acceptors (Lipinski definition) is 4. The van der Waals surface area contributed by atoms with Gasteiger partial charge in [-0.25, -0.2) is 9.59 Å². The fourth-order valence-electron chi connectivity index (χ4n) is 0.851. The topological polar surface area (TPSA) is 116 Å². The van der Waals surface area contributed by atoms with Crippen molar-refractivity contribution in [3.63, 3.8) is 0 Å². The third-order valence-electron chi connectivity index (χ3n) is 1.57. The maximum atomic E-state index is 11.1. The summed E-state index contributed by atoms with van der Waals surface area (Å²) in [7, 11) is 0. The summed E-state index contributed by atoms with van der Waals surface area (Å²) in [5.74, 6) is -1.95. The molecule has 1 unspecified atom stereocenters. The van der Waals surface area contributed by atoms with Crippen LogP contribution in [0.2, 0.25) is 0 Å². The molecule has 0 radical (unpaired) electrons. The minimum Gasteiger partial charge on any atom is -0.481 e. The lowest BCUT2D eigenvalue weighted by atomic mass is 10.2. The molecule has 0 aromatic heterocycles. The first-order valence-corrected chi connectivity index (χ1v) is 5.84. The van der Waals surface area contributed by atoms with Crippen molar-refractivity contribution >= 4 is 29.7 Å². The van der Waals surface area contributed by atoms with E-state index in [2.05, 4.69) is 10.6 Å².